The summed E-state index contributed by atoms with van der Waals surface area (Å²) >= 11 is 3.95. The molecule has 11 heteroatoms. The van der Waals surface area contributed by atoms with E-state index in [1.165, 1.54) is 60.2 Å². The van der Waals surface area contributed by atoms with Crippen molar-refractivity contribution < 1.29 is 28.4 Å². The van der Waals surface area contributed by atoms with Crippen molar-refractivity contribution in [2.45, 2.75) is 0 Å². The van der Waals surface area contributed by atoms with Gasteiger partial charge in [0, 0.05) is 24.0 Å². The van der Waals surface area contributed by atoms with Crippen LogP contribution in [0.25, 0.3) is 6.08 Å². The molecule has 0 bridgehead atoms. The van der Waals surface area contributed by atoms with E-state index in [0.717, 1.165) is 6.07 Å². The van der Waals surface area contributed by atoms with Crippen LogP contribution >= 0.6 is 11.6 Å². The van der Waals surface area contributed by atoms with Crippen LogP contribution in [0, 0.1) is 5.82 Å². The Morgan fingerprint density at radius 1 is 1.15 bits per heavy atom. The molecular formula is C23H17ClFN3O5S. The van der Waals surface area contributed by atoms with Crippen molar-refractivity contribution >= 4 is 52.4 Å². The third kappa shape index (κ3) is 5.42. The second-order valence-electron chi connectivity index (χ2n) is 6.90. The van der Waals surface area contributed by atoms with E-state index < -0.39 is 34.8 Å². The number of anilines is 1. The molecule has 1 aromatic heterocycles. The minimum Gasteiger partial charge on any atom is -0.588 e. The Hall–Kier alpha value is -3.73. The fourth-order valence-electron chi connectivity index (χ4n) is 2.96. The molecule has 0 spiro atoms. The number of pyridine rings is 1. The fourth-order valence-corrected chi connectivity index (χ4v) is 4.29. The van der Waals surface area contributed by atoms with Gasteiger partial charge in [-0.2, -0.15) is 4.31 Å². The number of amides is 1. The van der Waals surface area contributed by atoms with E-state index in [-0.39, 0.29) is 21.1 Å². The predicted octanol–water partition coefficient (Wildman–Crippen LogP) is 3.70. The summed E-state index contributed by atoms with van der Waals surface area (Å²) in [6.45, 7) is 0. The number of nitrogens with zero attached hydrogens (tertiary/aromatic N) is 2. The Balaban J connectivity index is 0.000000302. The number of ketones is 1. The van der Waals surface area contributed by atoms with Gasteiger partial charge in [-0.3, -0.25) is 14.6 Å². The van der Waals surface area contributed by atoms with Crippen molar-refractivity contribution in [3.8, 4) is 0 Å². The van der Waals surface area contributed by atoms with Crippen molar-refractivity contribution in [2.75, 3.05) is 11.4 Å². The molecule has 174 valence electrons. The van der Waals surface area contributed by atoms with Crippen LogP contribution in [-0.2, 0) is 11.4 Å². The number of nitrogens with two attached hydrogens (primary N) is 1. The van der Waals surface area contributed by atoms with Crippen LogP contribution < -0.4 is 10.0 Å². The zero-order valence-corrected chi connectivity index (χ0v) is 19.1. The van der Waals surface area contributed by atoms with Gasteiger partial charge in [0.1, 0.15) is 17.2 Å². The number of benzene rings is 2. The summed E-state index contributed by atoms with van der Waals surface area (Å²) in [4.78, 5) is 37.9. The molecule has 3 N–H and O–H groups in total. The summed E-state index contributed by atoms with van der Waals surface area (Å²) in [5, 5.41) is 8.98. The molecule has 0 radical (unpaired) electrons. The van der Waals surface area contributed by atoms with Crippen LogP contribution in [0.15, 0.2) is 65.8 Å². The van der Waals surface area contributed by atoms with Gasteiger partial charge in [-0.1, -0.05) is 17.7 Å². The van der Waals surface area contributed by atoms with E-state index in [1.54, 1.807) is 12.1 Å². The minimum absolute atomic E-state index is 0.0415. The van der Waals surface area contributed by atoms with Crippen molar-refractivity contribution in [1.29, 1.82) is 0 Å². The van der Waals surface area contributed by atoms with Gasteiger partial charge < -0.3 is 15.4 Å². The first-order chi connectivity index (χ1) is 16.1. The average Bonchev–Trinajstić information content (AvgIpc) is 2.83. The minimum atomic E-state index is -1.78. The quantitative estimate of drug-likeness (QED) is 0.412. The molecule has 1 amide bonds. The number of Topliss-reactive ketones (excluding diaryl/α,β-unsaturated/α-hetero) is 1. The highest BCUT2D eigenvalue weighted by Gasteiger charge is 2.38. The summed E-state index contributed by atoms with van der Waals surface area (Å²) < 4.78 is 27.2. The van der Waals surface area contributed by atoms with Gasteiger partial charge in [0.05, 0.1) is 28.9 Å². The Labute approximate surface area is 201 Å². The Bertz CT molecular complexity index is 1300. The average molecular weight is 502 g/mol. The number of carboxylic acids is 1. The highest BCUT2D eigenvalue weighted by atomic mass is 35.5. The van der Waals surface area contributed by atoms with Crippen molar-refractivity contribution in [3.05, 3.63) is 98.9 Å². The van der Waals surface area contributed by atoms with Crippen LogP contribution in [0.2, 0.25) is 5.02 Å². The molecule has 1 unspecified atom stereocenters. The smallest absolute Gasteiger partial charge is 0.335 e. The van der Waals surface area contributed by atoms with E-state index >= 15 is 0 Å². The Morgan fingerprint density at radius 2 is 1.82 bits per heavy atom. The SMILES string of the molecule is CN1c2ccc(C(=O)O)cc2C(=O)/C(=C/c2ccc(F)c(Cl)c2)[S+]1[O-].NC(=O)c1ccncc1. The van der Waals surface area contributed by atoms with Crippen molar-refractivity contribution in [1.82, 2.24) is 4.98 Å². The third-order valence-corrected chi connectivity index (χ3v) is 6.36. The van der Waals surface area contributed by atoms with Gasteiger partial charge in [0.15, 0.2) is 0 Å². The first-order valence-corrected chi connectivity index (χ1v) is 11.0. The largest absolute Gasteiger partial charge is 0.588 e. The standard InChI is InChI=1S/C17H11ClFNO4S.C6H6N2O/c1-20-14-5-3-10(17(22)23)8-11(14)16(21)15(25(20)24)7-9-2-4-13(19)12(18)6-9;7-6(9)5-1-3-8-4-2-5/h2-8H,1H3,(H,22,23);1-4H,(H2,7,9)/b15-7-;. The lowest BCUT2D eigenvalue weighted by atomic mass is 10.0. The van der Waals surface area contributed by atoms with Crippen LogP contribution in [0.1, 0.15) is 36.6 Å². The van der Waals surface area contributed by atoms with Gasteiger partial charge >= 0.3 is 5.97 Å². The zero-order valence-electron chi connectivity index (χ0n) is 17.6. The number of allylic oxidation sites excluding steroid dienone is 1. The van der Waals surface area contributed by atoms with Gasteiger partial charge in [-0.05, 0) is 48.0 Å². The summed E-state index contributed by atoms with van der Waals surface area (Å²) in [6, 6.07) is 11.0. The first-order valence-electron chi connectivity index (χ1n) is 9.54. The van der Waals surface area contributed by atoms with E-state index in [0.29, 0.717) is 16.8 Å². The maximum atomic E-state index is 13.3. The molecule has 3 aromatic rings. The van der Waals surface area contributed by atoms with Crippen LogP contribution in [0.4, 0.5) is 10.1 Å². The Morgan fingerprint density at radius 3 is 2.38 bits per heavy atom. The molecule has 8 nitrogen and oxygen atoms in total. The number of fused-ring (bicyclic) bond motifs is 1. The molecule has 0 saturated carbocycles. The maximum absolute atomic E-state index is 13.3. The van der Waals surface area contributed by atoms with E-state index in [2.05, 4.69) is 4.98 Å². The summed E-state index contributed by atoms with van der Waals surface area (Å²) in [6.07, 6.45) is 4.41. The number of aromatic carboxylic acids is 1. The molecular weight excluding hydrogens is 485 g/mol. The molecule has 0 saturated heterocycles. The molecule has 2 heterocycles. The summed E-state index contributed by atoms with van der Waals surface area (Å²) in [7, 11) is 1.54. The number of carbonyl (C=O) groups is 3. The molecule has 1 atom stereocenters. The third-order valence-electron chi connectivity index (χ3n) is 4.69. The van der Waals surface area contributed by atoms with Crippen LogP contribution in [0.3, 0.4) is 0 Å². The lowest BCUT2D eigenvalue weighted by Gasteiger charge is -2.29. The molecule has 34 heavy (non-hydrogen) atoms. The molecule has 0 aliphatic carbocycles. The summed E-state index contributed by atoms with van der Waals surface area (Å²) in [5.41, 5.74) is 6.32. The molecule has 0 fully saturated rings. The van der Waals surface area contributed by atoms with Gasteiger partial charge in [-0.25, -0.2) is 9.18 Å². The molecule has 1 aliphatic heterocycles. The lowest BCUT2D eigenvalue weighted by molar-refractivity contribution is 0.0696. The van der Waals surface area contributed by atoms with Crippen molar-refractivity contribution in [2.24, 2.45) is 5.73 Å². The van der Waals surface area contributed by atoms with Gasteiger partial charge in [0.25, 0.3) is 0 Å². The van der Waals surface area contributed by atoms with Crippen LogP contribution in [0.5, 0.6) is 0 Å². The summed E-state index contributed by atoms with van der Waals surface area (Å²) in [5.74, 6) is -2.73. The number of hydrogen-bond acceptors (Lipinski definition) is 6. The Kier molecular flexibility index (Phi) is 7.67. The lowest BCUT2D eigenvalue weighted by Crippen LogP contribution is -2.36. The normalized spacial score (nSPS) is 15.9. The highest BCUT2D eigenvalue weighted by molar-refractivity contribution is 7.97. The van der Waals surface area contributed by atoms with E-state index in [9.17, 15) is 23.3 Å². The molecule has 2 aromatic carbocycles. The number of halogens is 2. The number of rotatable bonds is 3. The molecule has 4 rings (SSSR count). The van der Waals surface area contributed by atoms with Crippen molar-refractivity contribution in [3.63, 3.8) is 0 Å². The molecule has 1 aliphatic rings. The topological polar surface area (TPSA) is 137 Å². The number of primary amides is 1. The number of carboxylic acid groups (broad SMARTS) is 1. The zero-order chi connectivity index (χ0) is 25.0. The number of aromatic nitrogens is 1. The van der Waals surface area contributed by atoms with Gasteiger partial charge in [-0.15, -0.1) is 0 Å². The second kappa shape index (κ2) is 10.5. The highest BCUT2D eigenvalue weighted by Crippen LogP contribution is 2.35. The maximum Gasteiger partial charge on any atom is 0.335 e. The first kappa shape index (κ1) is 24.9. The number of carbonyl (C=O) groups excluding carboxylic acids is 2. The fraction of sp³-hybridized carbons (Fsp3) is 0.0435. The van der Waals surface area contributed by atoms with E-state index in [1.807, 2.05) is 0 Å². The second-order valence-corrected chi connectivity index (χ2v) is 8.79. The van der Waals surface area contributed by atoms with Gasteiger partial charge in [0.2, 0.25) is 16.6 Å². The van der Waals surface area contributed by atoms with E-state index in [4.69, 9.17) is 22.4 Å². The number of hydrogen-bond donors (Lipinski definition) is 2. The van der Waals surface area contributed by atoms with Crippen LogP contribution in [-0.4, -0.2) is 39.4 Å². The monoisotopic (exact) mass is 501 g/mol. The predicted molar refractivity (Wildman–Crippen MR) is 126 cm³/mol.